The van der Waals surface area contributed by atoms with E-state index in [1.165, 1.54) is 24.1 Å². The Labute approximate surface area is 157 Å². The fourth-order valence-electron chi connectivity index (χ4n) is 4.45. The molecule has 7 nitrogen and oxygen atoms in total. The van der Waals surface area contributed by atoms with E-state index in [2.05, 4.69) is 20.4 Å². The average molecular weight is 363 g/mol. The van der Waals surface area contributed by atoms with Crippen LogP contribution in [0.4, 0.5) is 0 Å². The number of ether oxygens (including phenoxy) is 1. The highest BCUT2D eigenvalue weighted by Gasteiger charge is 2.35. The van der Waals surface area contributed by atoms with Gasteiger partial charge in [-0.25, -0.2) is 0 Å². The Balaban J connectivity index is 1.31. The van der Waals surface area contributed by atoms with Gasteiger partial charge in [0.25, 0.3) is 0 Å². The fraction of sp³-hybridized carbons (Fsp3) is 0.400. The van der Waals surface area contributed by atoms with Gasteiger partial charge in [0.15, 0.2) is 0 Å². The molecule has 2 heterocycles. The number of rotatable bonds is 4. The van der Waals surface area contributed by atoms with Crippen LogP contribution in [0.25, 0.3) is 16.9 Å². The van der Waals surface area contributed by atoms with Crippen LogP contribution in [0.2, 0.25) is 0 Å². The van der Waals surface area contributed by atoms with Crippen molar-refractivity contribution in [3.63, 3.8) is 0 Å². The number of phenols is 1. The standard InChI is InChI=1S/C20H21N5O2/c26-19-12-15(25-21-7-8-22-25)3-4-17(19)18-5-6-20(24-23-18)27-16-10-13-1-2-14(9-13)11-16/h3-8,12-14,16,26H,1-2,9-11H2/t13-,14?,16+/m0/s1. The van der Waals surface area contributed by atoms with Gasteiger partial charge < -0.3 is 9.84 Å². The number of aromatic nitrogens is 5. The lowest BCUT2D eigenvalue weighted by Gasteiger charge is -2.27. The third-order valence-corrected chi connectivity index (χ3v) is 5.68. The van der Waals surface area contributed by atoms with Crippen LogP contribution in [0.15, 0.2) is 42.7 Å². The first kappa shape index (κ1) is 16.2. The molecule has 1 N–H and O–H groups in total. The van der Waals surface area contributed by atoms with Gasteiger partial charge in [-0.3, -0.25) is 0 Å². The van der Waals surface area contributed by atoms with Crippen LogP contribution in [0.3, 0.4) is 0 Å². The van der Waals surface area contributed by atoms with E-state index < -0.39 is 0 Å². The van der Waals surface area contributed by atoms with E-state index in [-0.39, 0.29) is 11.9 Å². The lowest BCUT2D eigenvalue weighted by molar-refractivity contribution is 0.113. The Hall–Kier alpha value is -2.96. The molecule has 0 amide bonds. The minimum Gasteiger partial charge on any atom is -0.507 e. The molecule has 3 aromatic rings. The molecule has 3 atom stereocenters. The highest BCUT2D eigenvalue weighted by molar-refractivity contribution is 5.68. The monoisotopic (exact) mass is 363 g/mol. The molecule has 2 bridgehead atoms. The number of fused-ring (bicyclic) bond motifs is 2. The summed E-state index contributed by atoms with van der Waals surface area (Å²) in [5.41, 5.74) is 1.89. The van der Waals surface area contributed by atoms with Crippen LogP contribution in [-0.2, 0) is 0 Å². The second kappa shape index (κ2) is 6.64. The summed E-state index contributed by atoms with van der Waals surface area (Å²) in [6.45, 7) is 0. The van der Waals surface area contributed by atoms with E-state index in [1.807, 2.05) is 18.2 Å². The summed E-state index contributed by atoms with van der Waals surface area (Å²) < 4.78 is 6.07. The molecule has 0 saturated heterocycles. The molecule has 5 rings (SSSR count). The normalized spacial score (nSPS) is 24.1. The largest absolute Gasteiger partial charge is 0.507 e. The van der Waals surface area contributed by atoms with Crippen LogP contribution >= 0.6 is 0 Å². The molecule has 2 aliphatic rings. The summed E-state index contributed by atoms with van der Waals surface area (Å²) in [4.78, 5) is 1.45. The SMILES string of the molecule is Oc1cc(-n2nccn2)ccc1-c1ccc(O[C@H]2CC3CC[C@@H](C3)C2)nn1. The molecule has 0 aliphatic heterocycles. The number of benzene rings is 1. The summed E-state index contributed by atoms with van der Waals surface area (Å²) in [5.74, 6) is 2.31. The van der Waals surface area contributed by atoms with Crippen molar-refractivity contribution in [3.05, 3.63) is 42.7 Å². The van der Waals surface area contributed by atoms with E-state index in [1.54, 1.807) is 24.5 Å². The lowest BCUT2D eigenvalue weighted by atomic mass is 9.87. The van der Waals surface area contributed by atoms with Gasteiger partial charge in [0.2, 0.25) is 5.88 Å². The topological polar surface area (TPSA) is 86.0 Å². The molecule has 2 saturated carbocycles. The second-order valence-electron chi connectivity index (χ2n) is 7.53. The van der Waals surface area contributed by atoms with E-state index >= 15 is 0 Å². The molecule has 1 unspecified atom stereocenters. The van der Waals surface area contributed by atoms with Crippen LogP contribution < -0.4 is 4.74 Å². The van der Waals surface area contributed by atoms with Crippen LogP contribution in [-0.4, -0.2) is 36.4 Å². The Bertz CT molecular complexity index is 914. The molecule has 2 aliphatic carbocycles. The fourth-order valence-corrected chi connectivity index (χ4v) is 4.45. The quantitative estimate of drug-likeness (QED) is 0.765. The molecular formula is C20H21N5O2. The van der Waals surface area contributed by atoms with Gasteiger partial charge in [-0.15, -0.1) is 10.2 Å². The van der Waals surface area contributed by atoms with Crippen LogP contribution in [0.5, 0.6) is 11.6 Å². The summed E-state index contributed by atoms with van der Waals surface area (Å²) in [7, 11) is 0. The van der Waals surface area contributed by atoms with E-state index in [9.17, 15) is 5.11 Å². The highest BCUT2D eigenvalue weighted by atomic mass is 16.5. The summed E-state index contributed by atoms with van der Waals surface area (Å²) >= 11 is 0. The number of phenolic OH excluding ortho intramolecular Hbond substituents is 1. The summed E-state index contributed by atoms with van der Waals surface area (Å²) in [5, 5.41) is 27.0. The molecule has 0 spiro atoms. The Kier molecular flexibility index (Phi) is 3.99. The number of aromatic hydroxyl groups is 1. The maximum Gasteiger partial charge on any atom is 0.233 e. The molecule has 2 aromatic heterocycles. The van der Waals surface area contributed by atoms with Crippen molar-refractivity contribution < 1.29 is 9.84 Å². The number of nitrogens with zero attached hydrogens (tertiary/aromatic N) is 5. The predicted molar refractivity (Wildman–Crippen MR) is 98.5 cm³/mol. The zero-order valence-electron chi connectivity index (χ0n) is 14.9. The van der Waals surface area contributed by atoms with Crippen LogP contribution in [0, 0.1) is 11.8 Å². The lowest BCUT2D eigenvalue weighted by Crippen LogP contribution is -2.26. The van der Waals surface area contributed by atoms with Gasteiger partial charge in [-0.2, -0.15) is 15.0 Å². The minimum absolute atomic E-state index is 0.108. The smallest absolute Gasteiger partial charge is 0.233 e. The Morgan fingerprint density at radius 3 is 2.37 bits per heavy atom. The molecule has 1 aromatic carbocycles. The van der Waals surface area contributed by atoms with Crippen molar-refractivity contribution in [3.8, 4) is 28.6 Å². The van der Waals surface area contributed by atoms with Crippen molar-refractivity contribution in [2.24, 2.45) is 11.8 Å². The van der Waals surface area contributed by atoms with E-state index in [0.29, 0.717) is 22.8 Å². The maximum absolute atomic E-state index is 10.4. The van der Waals surface area contributed by atoms with Crippen LogP contribution in [0.1, 0.15) is 32.1 Å². The summed E-state index contributed by atoms with van der Waals surface area (Å²) in [6, 6.07) is 8.90. The van der Waals surface area contributed by atoms with Gasteiger partial charge in [0, 0.05) is 17.7 Å². The molecule has 27 heavy (non-hydrogen) atoms. The molecule has 138 valence electrons. The van der Waals surface area contributed by atoms with Gasteiger partial charge in [-0.05, 0) is 49.3 Å². The first-order chi connectivity index (χ1) is 13.2. The highest BCUT2D eigenvalue weighted by Crippen LogP contribution is 2.43. The first-order valence-corrected chi connectivity index (χ1v) is 9.45. The van der Waals surface area contributed by atoms with Gasteiger partial charge in [0.1, 0.15) is 11.9 Å². The zero-order chi connectivity index (χ0) is 18.2. The first-order valence-electron chi connectivity index (χ1n) is 9.45. The van der Waals surface area contributed by atoms with Gasteiger partial charge >= 0.3 is 0 Å². The third kappa shape index (κ3) is 3.25. The van der Waals surface area contributed by atoms with Crippen molar-refractivity contribution in [2.45, 2.75) is 38.2 Å². The third-order valence-electron chi connectivity index (χ3n) is 5.68. The zero-order valence-corrected chi connectivity index (χ0v) is 14.9. The second-order valence-corrected chi connectivity index (χ2v) is 7.53. The van der Waals surface area contributed by atoms with Crippen molar-refractivity contribution in [1.29, 1.82) is 0 Å². The molecule has 0 radical (unpaired) electrons. The van der Waals surface area contributed by atoms with Gasteiger partial charge in [-0.1, -0.05) is 12.8 Å². The van der Waals surface area contributed by atoms with Gasteiger partial charge in [0.05, 0.1) is 23.8 Å². The predicted octanol–water partition coefficient (Wildman–Crippen LogP) is 3.39. The molecule has 7 heteroatoms. The molecular weight excluding hydrogens is 342 g/mol. The molecule has 2 fully saturated rings. The van der Waals surface area contributed by atoms with Crippen molar-refractivity contribution in [1.82, 2.24) is 25.2 Å². The average Bonchev–Trinajstić information content (AvgIpc) is 3.32. The number of hydrogen-bond acceptors (Lipinski definition) is 6. The minimum atomic E-state index is 0.108. The van der Waals surface area contributed by atoms with Crippen molar-refractivity contribution >= 4 is 0 Å². The number of hydrogen-bond donors (Lipinski definition) is 1. The van der Waals surface area contributed by atoms with E-state index in [0.717, 1.165) is 24.7 Å². The summed E-state index contributed by atoms with van der Waals surface area (Å²) in [6.07, 6.45) is 9.75. The van der Waals surface area contributed by atoms with Crippen molar-refractivity contribution in [2.75, 3.05) is 0 Å². The maximum atomic E-state index is 10.4. The van der Waals surface area contributed by atoms with E-state index in [4.69, 9.17) is 4.74 Å². The Morgan fingerprint density at radius 2 is 1.70 bits per heavy atom. The Morgan fingerprint density at radius 1 is 0.926 bits per heavy atom.